The molecule has 1 fully saturated rings. The van der Waals surface area contributed by atoms with Crippen LogP contribution >= 0.6 is 11.6 Å². The number of sulfonamides is 1. The highest BCUT2D eigenvalue weighted by Crippen LogP contribution is 2.34. The largest absolute Gasteiger partial charge is 0.417 e. The van der Waals surface area contributed by atoms with Crippen LogP contribution in [0.15, 0.2) is 41.4 Å². The standard InChI is InChI=1S/C19H19ClF3N3O3S/c1-12-3-2-8-26(11-12)17-7-5-14(10-24-17)30(28,29)25-18(27)15-6-4-13(20)9-16(15)19(21,22)23/h4-7,9-10,12H,2-3,8,11H2,1H3,(H,25,27). The first-order valence-corrected chi connectivity index (χ1v) is 11.0. The van der Waals surface area contributed by atoms with E-state index in [1.54, 1.807) is 4.72 Å². The molecule has 11 heteroatoms. The van der Waals surface area contributed by atoms with Crippen LogP contribution in [0.1, 0.15) is 35.7 Å². The van der Waals surface area contributed by atoms with Crippen LogP contribution in [-0.4, -0.2) is 32.4 Å². The summed E-state index contributed by atoms with van der Waals surface area (Å²) in [5.74, 6) is -0.317. The first-order chi connectivity index (χ1) is 14.0. The fourth-order valence-corrected chi connectivity index (χ4v) is 4.38. The Morgan fingerprint density at radius 3 is 2.60 bits per heavy atom. The lowest BCUT2D eigenvalue weighted by atomic mass is 10.0. The summed E-state index contributed by atoms with van der Waals surface area (Å²) < 4.78 is 66.2. The summed E-state index contributed by atoms with van der Waals surface area (Å²) in [4.78, 5) is 18.2. The van der Waals surface area contributed by atoms with Crippen LogP contribution in [0.3, 0.4) is 0 Å². The normalized spacial score (nSPS) is 17.6. The van der Waals surface area contributed by atoms with Crippen molar-refractivity contribution in [2.45, 2.75) is 30.8 Å². The molecule has 162 valence electrons. The zero-order valence-corrected chi connectivity index (χ0v) is 17.5. The summed E-state index contributed by atoms with van der Waals surface area (Å²) in [6, 6.07) is 5.26. The number of anilines is 1. The summed E-state index contributed by atoms with van der Waals surface area (Å²) in [6.45, 7) is 3.72. The van der Waals surface area contributed by atoms with Gasteiger partial charge in [-0.05, 0) is 49.1 Å². The zero-order valence-electron chi connectivity index (χ0n) is 15.9. The molecule has 0 spiro atoms. The second kappa shape index (κ2) is 8.43. The van der Waals surface area contributed by atoms with Crippen molar-refractivity contribution in [3.05, 3.63) is 52.7 Å². The molecular formula is C19H19ClF3N3O3S. The number of carbonyl (C=O) groups excluding carboxylic acids is 1. The van der Waals surface area contributed by atoms with E-state index in [0.717, 1.165) is 44.3 Å². The van der Waals surface area contributed by atoms with E-state index in [2.05, 4.69) is 11.9 Å². The van der Waals surface area contributed by atoms with E-state index < -0.39 is 33.2 Å². The van der Waals surface area contributed by atoms with Gasteiger partial charge in [0.05, 0.1) is 11.1 Å². The summed E-state index contributed by atoms with van der Waals surface area (Å²) in [7, 11) is -4.42. The molecule has 6 nitrogen and oxygen atoms in total. The molecule has 1 amide bonds. The van der Waals surface area contributed by atoms with Crippen LogP contribution in [0.25, 0.3) is 0 Å². The predicted molar refractivity (Wildman–Crippen MR) is 106 cm³/mol. The SMILES string of the molecule is CC1CCCN(c2ccc(S(=O)(=O)NC(=O)c3ccc(Cl)cc3C(F)(F)F)cn2)C1. The van der Waals surface area contributed by atoms with Gasteiger partial charge in [-0.2, -0.15) is 13.2 Å². The number of piperidine rings is 1. The van der Waals surface area contributed by atoms with Crippen LogP contribution in [0, 0.1) is 5.92 Å². The highest BCUT2D eigenvalue weighted by atomic mass is 35.5. The van der Waals surface area contributed by atoms with E-state index >= 15 is 0 Å². The molecular weight excluding hydrogens is 443 g/mol. The van der Waals surface area contributed by atoms with Crippen LogP contribution < -0.4 is 9.62 Å². The van der Waals surface area contributed by atoms with Gasteiger partial charge in [-0.1, -0.05) is 18.5 Å². The molecule has 2 aromatic rings. The Kier molecular flexibility index (Phi) is 6.28. The Balaban J connectivity index is 1.81. The maximum atomic E-state index is 13.2. The van der Waals surface area contributed by atoms with Gasteiger partial charge in [0.2, 0.25) is 0 Å². The van der Waals surface area contributed by atoms with Crippen LogP contribution in [0.4, 0.5) is 19.0 Å². The molecule has 1 N–H and O–H groups in total. The molecule has 0 saturated carbocycles. The number of pyridine rings is 1. The molecule has 1 aromatic heterocycles. The average Bonchev–Trinajstić information content (AvgIpc) is 2.67. The molecule has 1 unspecified atom stereocenters. The highest BCUT2D eigenvalue weighted by molar-refractivity contribution is 7.90. The lowest BCUT2D eigenvalue weighted by Gasteiger charge is -2.31. The maximum absolute atomic E-state index is 13.2. The quantitative estimate of drug-likeness (QED) is 0.741. The second-order valence-corrected chi connectivity index (χ2v) is 9.29. The Bertz CT molecular complexity index is 1040. The number of carbonyl (C=O) groups is 1. The van der Waals surface area contributed by atoms with E-state index in [4.69, 9.17) is 11.6 Å². The molecule has 1 aliphatic heterocycles. The average molecular weight is 462 g/mol. The number of alkyl halides is 3. The molecule has 3 rings (SSSR count). The number of nitrogens with zero attached hydrogens (tertiary/aromatic N) is 2. The smallest absolute Gasteiger partial charge is 0.356 e. The van der Waals surface area contributed by atoms with Crippen molar-refractivity contribution in [3.8, 4) is 0 Å². The highest BCUT2D eigenvalue weighted by Gasteiger charge is 2.36. The minimum absolute atomic E-state index is 0.228. The van der Waals surface area contributed by atoms with Crippen LogP contribution in [-0.2, 0) is 16.2 Å². The number of nitrogens with one attached hydrogen (secondary N) is 1. The van der Waals surface area contributed by atoms with Crippen LogP contribution in [0.5, 0.6) is 0 Å². The number of amides is 1. The van der Waals surface area contributed by atoms with E-state index in [1.165, 1.54) is 12.1 Å². The topological polar surface area (TPSA) is 79.4 Å². The Morgan fingerprint density at radius 2 is 2.00 bits per heavy atom. The van der Waals surface area contributed by atoms with Crippen molar-refractivity contribution in [2.24, 2.45) is 5.92 Å². The Morgan fingerprint density at radius 1 is 1.27 bits per heavy atom. The summed E-state index contributed by atoms with van der Waals surface area (Å²) in [5.41, 5.74) is -2.17. The number of hydrogen-bond donors (Lipinski definition) is 1. The number of benzene rings is 1. The van der Waals surface area contributed by atoms with Crippen molar-refractivity contribution < 1.29 is 26.4 Å². The van der Waals surface area contributed by atoms with E-state index in [-0.39, 0.29) is 9.92 Å². The summed E-state index contributed by atoms with van der Waals surface area (Å²) >= 11 is 5.58. The monoisotopic (exact) mass is 461 g/mol. The number of hydrogen-bond acceptors (Lipinski definition) is 5. The molecule has 1 aliphatic rings. The number of aromatic nitrogens is 1. The third kappa shape index (κ3) is 5.04. The first kappa shape index (κ1) is 22.4. The van der Waals surface area contributed by atoms with Gasteiger partial charge in [-0.3, -0.25) is 4.79 Å². The van der Waals surface area contributed by atoms with Gasteiger partial charge in [-0.15, -0.1) is 0 Å². The maximum Gasteiger partial charge on any atom is 0.417 e. The number of halogens is 4. The fourth-order valence-electron chi connectivity index (χ4n) is 3.30. The number of rotatable bonds is 4. The summed E-state index contributed by atoms with van der Waals surface area (Å²) in [5, 5.41) is -0.228. The molecule has 0 radical (unpaired) electrons. The zero-order chi connectivity index (χ0) is 22.1. The summed E-state index contributed by atoms with van der Waals surface area (Å²) in [6.07, 6.45) is -1.69. The van der Waals surface area contributed by atoms with Crippen molar-refractivity contribution in [1.29, 1.82) is 0 Å². The van der Waals surface area contributed by atoms with E-state index in [9.17, 15) is 26.4 Å². The van der Waals surface area contributed by atoms with E-state index in [0.29, 0.717) is 17.8 Å². The van der Waals surface area contributed by atoms with Gasteiger partial charge in [0.1, 0.15) is 10.7 Å². The molecule has 1 aromatic carbocycles. The Hall–Kier alpha value is -2.33. The van der Waals surface area contributed by atoms with E-state index in [1.807, 2.05) is 4.90 Å². The molecule has 30 heavy (non-hydrogen) atoms. The predicted octanol–water partition coefficient (Wildman–Crippen LogP) is 4.11. The minimum atomic E-state index is -4.88. The third-order valence-corrected chi connectivity index (χ3v) is 6.32. The minimum Gasteiger partial charge on any atom is -0.356 e. The van der Waals surface area contributed by atoms with Crippen molar-refractivity contribution in [1.82, 2.24) is 9.71 Å². The molecule has 1 atom stereocenters. The van der Waals surface area contributed by atoms with Crippen molar-refractivity contribution >= 4 is 33.3 Å². The lowest BCUT2D eigenvalue weighted by molar-refractivity contribution is -0.137. The molecule has 1 saturated heterocycles. The third-order valence-electron chi connectivity index (χ3n) is 4.77. The van der Waals surface area contributed by atoms with Gasteiger partial charge in [0.15, 0.2) is 0 Å². The second-order valence-electron chi connectivity index (χ2n) is 7.17. The van der Waals surface area contributed by atoms with Gasteiger partial charge < -0.3 is 4.90 Å². The van der Waals surface area contributed by atoms with Crippen molar-refractivity contribution in [3.63, 3.8) is 0 Å². The molecule has 0 bridgehead atoms. The first-order valence-electron chi connectivity index (χ1n) is 9.12. The molecule has 2 heterocycles. The van der Waals surface area contributed by atoms with Gasteiger partial charge in [0.25, 0.3) is 15.9 Å². The van der Waals surface area contributed by atoms with Gasteiger partial charge in [0, 0.05) is 24.3 Å². The molecule has 0 aliphatic carbocycles. The van der Waals surface area contributed by atoms with Crippen LogP contribution in [0.2, 0.25) is 5.02 Å². The fraction of sp³-hybridized carbons (Fsp3) is 0.368. The lowest BCUT2D eigenvalue weighted by Crippen LogP contribution is -2.35. The van der Waals surface area contributed by atoms with Crippen molar-refractivity contribution in [2.75, 3.05) is 18.0 Å². The van der Waals surface area contributed by atoms with Gasteiger partial charge in [-0.25, -0.2) is 18.1 Å². The van der Waals surface area contributed by atoms with Gasteiger partial charge >= 0.3 is 6.18 Å². The Labute approximate surface area is 177 Å².